The predicted octanol–water partition coefficient (Wildman–Crippen LogP) is 4.54. The molecule has 0 atom stereocenters. The number of rotatable bonds is 7. The van der Waals surface area contributed by atoms with Crippen molar-refractivity contribution in [2.45, 2.75) is 13.5 Å². The second-order valence-electron chi connectivity index (χ2n) is 8.80. The molecule has 9 heteroatoms. The molecule has 1 fully saturated rings. The lowest BCUT2D eigenvalue weighted by molar-refractivity contribution is -0.384. The third kappa shape index (κ3) is 5.35. The number of carbonyl (C=O) groups is 2. The van der Waals surface area contributed by atoms with Gasteiger partial charge in [-0.15, -0.1) is 0 Å². The number of amides is 1. The number of hydrogen-bond donors (Lipinski definition) is 0. The quantitative estimate of drug-likeness (QED) is 0.275. The van der Waals surface area contributed by atoms with Crippen molar-refractivity contribution in [3.05, 3.63) is 99.4 Å². The summed E-state index contributed by atoms with van der Waals surface area (Å²) in [6, 6.07) is 18.5. The number of nitro benzene ring substituents is 1. The number of non-ortho nitro benzene ring substituents is 1. The van der Waals surface area contributed by atoms with Crippen LogP contribution in [0.4, 0.5) is 21.5 Å². The summed E-state index contributed by atoms with van der Waals surface area (Å²) in [7, 11) is 1.84. The number of Topliss-reactive ketones (excluding diaryl/α,β-unsaturated/α-hetero) is 1. The number of hydrogen-bond acceptors (Lipinski definition) is 6. The van der Waals surface area contributed by atoms with E-state index in [0.29, 0.717) is 49.7 Å². The van der Waals surface area contributed by atoms with Crippen LogP contribution in [-0.4, -0.2) is 54.7 Å². The number of piperazine rings is 1. The average molecular weight is 491 g/mol. The van der Waals surface area contributed by atoms with Crippen LogP contribution < -0.4 is 9.80 Å². The van der Waals surface area contributed by atoms with Gasteiger partial charge in [-0.3, -0.25) is 19.7 Å². The first-order chi connectivity index (χ1) is 17.2. The molecular weight excluding hydrogens is 463 g/mol. The van der Waals surface area contributed by atoms with Gasteiger partial charge in [0.05, 0.1) is 21.9 Å². The van der Waals surface area contributed by atoms with Gasteiger partial charge in [-0.25, -0.2) is 4.39 Å². The van der Waals surface area contributed by atoms with Gasteiger partial charge in [0.2, 0.25) is 0 Å². The fourth-order valence-corrected chi connectivity index (χ4v) is 4.39. The summed E-state index contributed by atoms with van der Waals surface area (Å²) in [5.74, 6) is -0.993. The maximum atomic E-state index is 14.6. The Morgan fingerprint density at radius 3 is 2.31 bits per heavy atom. The van der Waals surface area contributed by atoms with E-state index in [-0.39, 0.29) is 22.9 Å². The van der Waals surface area contributed by atoms with Crippen molar-refractivity contribution < 1.29 is 18.9 Å². The molecule has 0 N–H and O–H groups in total. The molecule has 3 aromatic carbocycles. The molecular formula is C27H27FN4O4. The SMILES string of the molecule is CC(=O)c1ccc(N2CCN(C(=O)c3cc([N+](=O)[O-])ccc3N(C)Cc3ccccc3)CC2)c(F)c1. The number of carbonyl (C=O) groups excluding carboxylic acids is 2. The summed E-state index contributed by atoms with van der Waals surface area (Å²) in [6.45, 7) is 3.37. The van der Waals surface area contributed by atoms with Crippen molar-refractivity contribution in [3.63, 3.8) is 0 Å². The van der Waals surface area contributed by atoms with Gasteiger partial charge in [0.25, 0.3) is 11.6 Å². The number of benzene rings is 3. The van der Waals surface area contributed by atoms with E-state index in [4.69, 9.17) is 0 Å². The average Bonchev–Trinajstić information content (AvgIpc) is 2.88. The second kappa shape index (κ2) is 10.6. The van der Waals surface area contributed by atoms with Crippen LogP contribution in [0.25, 0.3) is 0 Å². The summed E-state index contributed by atoms with van der Waals surface area (Å²) < 4.78 is 14.6. The Bertz CT molecular complexity index is 1290. The van der Waals surface area contributed by atoms with E-state index in [9.17, 15) is 24.1 Å². The normalized spacial score (nSPS) is 13.4. The Balaban J connectivity index is 1.53. The van der Waals surface area contributed by atoms with Crippen LogP contribution in [0.2, 0.25) is 0 Å². The first-order valence-corrected chi connectivity index (χ1v) is 11.6. The summed E-state index contributed by atoms with van der Waals surface area (Å²) >= 11 is 0. The fraction of sp³-hybridized carbons (Fsp3) is 0.259. The molecule has 1 aliphatic rings. The summed E-state index contributed by atoms with van der Waals surface area (Å²) in [4.78, 5) is 41.3. The highest BCUT2D eigenvalue weighted by Gasteiger charge is 2.27. The minimum Gasteiger partial charge on any atom is -0.370 e. The molecule has 0 bridgehead atoms. The maximum absolute atomic E-state index is 14.6. The Labute approximate surface area is 208 Å². The maximum Gasteiger partial charge on any atom is 0.270 e. The van der Waals surface area contributed by atoms with E-state index in [1.54, 1.807) is 23.1 Å². The van der Waals surface area contributed by atoms with Crippen LogP contribution in [0.15, 0.2) is 66.7 Å². The van der Waals surface area contributed by atoms with E-state index in [0.717, 1.165) is 5.56 Å². The Kier molecular flexibility index (Phi) is 7.28. The van der Waals surface area contributed by atoms with E-state index < -0.39 is 10.7 Å². The van der Waals surface area contributed by atoms with Gasteiger partial charge in [0.15, 0.2) is 5.78 Å². The first kappa shape index (κ1) is 24.8. The zero-order valence-electron chi connectivity index (χ0n) is 20.2. The summed E-state index contributed by atoms with van der Waals surface area (Å²) in [5, 5.41) is 11.4. The second-order valence-corrected chi connectivity index (χ2v) is 8.80. The van der Waals surface area contributed by atoms with Gasteiger partial charge in [-0.2, -0.15) is 0 Å². The van der Waals surface area contributed by atoms with E-state index in [1.165, 1.54) is 25.1 Å². The summed E-state index contributed by atoms with van der Waals surface area (Å²) in [5.41, 5.74) is 2.44. The van der Waals surface area contributed by atoms with Crippen molar-refractivity contribution in [3.8, 4) is 0 Å². The van der Waals surface area contributed by atoms with Crippen LogP contribution in [-0.2, 0) is 6.54 Å². The van der Waals surface area contributed by atoms with Crippen molar-refractivity contribution in [2.75, 3.05) is 43.0 Å². The molecule has 0 spiro atoms. The third-order valence-electron chi connectivity index (χ3n) is 6.36. The highest BCUT2D eigenvalue weighted by molar-refractivity contribution is 6.00. The lowest BCUT2D eigenvalue weighted by Gasteiger charge is -2.36. The van der Waals surface area contributed by atoms with Crippen LogP contribution in [0.5, 0.6) is 0 Å². The zero-order chi connectivity index (χ0) is 25.8. The van der Waals surface area contributed by atoms with Crippen LogP contribution >= 0.6 is 0 Å². The van der Waals surface area contributed by atoms with Crippen molar-refractivity contribution in [1.82, 2.24) is 4.90 Å². The zero-order valence-corrected chi connectivity index (χ0v) is 20.2. The number of halogens is 1. The molecule has 0 aliphatic carbocycles. The van der Waals surface area contributed by atoms with Gasteiger partial charge in [0, 0.05) is 57.5 Å². The highest BCUT2D eigenvalue weighted by atomic mass is 19.1. The smallest absolute Gasteiger partial charge is 0.270 e. The lowest BCUT2D eigenvalue weighted by atomic mass is 10.1. The molecule has 186 valence electrons. The lowest BCUT2D eigenvalue weighted by Crippen LogP contribution is -2.49. The molecule has 1 heterocycles. The summed E-state index contributed by atoms with van der Waals surface area (Å²) in [6.07, 6.45) is 0. The Morgan fingerprint density at radius 2 is 1.69 bits per heavy atom. The van der Waals surface area contributed by atoms with Gasteiger partial charge in [0.1, 0.15) is 5.82 Å². The molecule has 1 amide bonds. The van der Waals surface area contributed by atoms with Crippen molar-refractivity contribution in [1.29, 1.82) is 0 Å². The third-order valence-corrected chi connectivity index (χ3v) is 6.36. The van der Waals surface area contributed by atoms with E-state index in [2.05, 4.69) is 0 Å². The van der Waals surface area contributed by atoms with Crippen molar-refractivity contribution in [2.24, 2.45) is 0 Å². The van der Waals surface area contributed by atoms with Gasteiger partial charge >= 0.3 is 0 Å². The number of anilines is 2. The van der Waals surface area contributed by atoms with Crippen LogP contribution in [0.1, 0.15) is 33.2 Å². The molecule has 4 rings (SSSR count). The fourth-order valence-electron chi connectivity index (χ4n) is 4.39. The van der Waals surface area contributed by atoms with Crippen molar-refractivity contribution >= 4 is 28.8 Å². The largest absolute Gasteiger partial charge is 0.370 e. The van der Waals surface area contributed by atoms with Gasteiger partial charge < -0.3 is 14.7 Å². The molecule has 0 radical (unpaired) electrons. The van der Waals surface area contributed by atoms with Crippen LogP contribution in [0.3, 0.4) is 0 Å². The molecule has 1 saturated heterocycles. The van der Waals surface area contributed by atoms with E-state index >= 15 is 0 Å². The Hall–Kier alpha value is -4.27. The minimum absolute atomic E-state index is 0.151. The molecule has 8 nitrogen and oxygen atoms in total. The minimum atomic E-state index is -0.511. The Morgan fingerprint density at radius 1 is 1.00 bits per heavy atom. The molecule has 0 saturated carbocycles. The number of ketones is 1. The monoisotopic (exact) mass is 490 g/mol. The standard InChI is InChI=1S/C27H27FN4O4/c1-19(33)21-8-10-26(24(28)16-21)30-12-14-31(15-13-30)27(34)23-17-22(32(35)36)9-11-25(23)29(2)18-20-6-4-3-5-7-20/h3-11,16-17H,12-15,18H2,1-2H3. The molecule has 36 heavy (non-hydrogen) atoms. The van der Waals surface area contributed by atoms with E-state index in [1.807, 2.05) is 47.2 Å². The molecule has 3 aromatic rings. The molecule has 0 unspecified atom stereocenters. The highest BCUT2D eigenvalue weighted by Crippen LogP contribution is 2.29. The van der Waals surface area contributed by atoms with Gasteiger partial charge in [-0.05, 0) is 36.8 Å². The predicted molar refractivity (Wildman–Crippen MR) is 136 cm³/mol. The van der Waals surface area contributed by atoms with Crippen LogP contribution in [0, 0.1) is 15.9 Å². The number of nitrogens with zero attached hydrogens (tertiary/aromatic N) is 4. The number of nitro groups is 1. The molecule has 1 aliphatic heterocycles. The topological polar surface area (TPSA) is 87.0 Å². The first-order valence-electron chi connectivity index (χ1n) is 11.6. The van der Waals surface area contributed by atoms with Gasteiger partial charge in [-0.1, -0.05) is 30.3 Å². The molecule has 0 aromatic heterocycles.